The molecule has 2 aromatic rings. The quantitative estimate of drug-likeness (QED) is 0.773. The molecule has 0 radical (unpaired) electrons. The molecule has 3 heterocycles. The van der Waals surface area contributed by atoms with Crippen LogP contribution >= 0.6 is 0 Å². The van der Waals surface area contributed by atoms with Crippen molar-refractivity contribution in [3.8, 4) is 5.75 Å². The Labute approximate surface area is 148 Å². The molecule has 138 valence electrons. The molecule has 6 nitrogen and oxygen atoms in total. The molecular formula is C18H19F2N3O3. The number of carbonyl (C=O) groups excluding carboxylic acids is 1. The lowest BCUT2D eigenvalue weighted by Crippen LogP contribution is -2.48. The molecule has 8 heteroatoms. The number of halogens is 2. The molecule has 0 spiro atoms. The molecule has 1 atom stereocenters. The van der Waals surface area contributed by atoms with Crippen LogP contribution in [-0.4, -0.2) is 60.1 Å². The number of hydrogen-bond donors (Lipinski definition) is 0. The second-order valence-electron chi connectivity index (χ2n) is 6.93. The molecule has 1 saturated heterocycles. The summed E-state index contributed by atoms with van der Waals surface area (Å²) in [7, 11) is 1.97. The predicted octanol–water partition coefficient (Wildman–Crippen LogP) is 1.62. The second kappa shape index (κ2) is 6.05. The van der Waals surface area contributed by atoms with Gasteiger partial charge >= 0.3 is 0 Å². The van der Waals surface area contributed by atoms with Crippen LogP contribution in [0.3, 0.4) is 0 Å². The predicted molar refractivity (Wildman–Crippen MR) is 91.7 cm³/mol. The Hall–Kier alpha value is -2.48. The van der Waals surface area contributed by atoms with Gasteiger partial charge in [-0.25, -0.2) is 4.39 Å². The number of aromatic nitrogens is 1. The van der Waals surface area contributed by atoms with E-state index in [1.165, 1.54) is 6.20 Å². The lowest BCUT2D eigenvalue weighted by Gasteiger charge is -2.33. The third-order valence-electron chi connectivity index (χ3n) is 5.13. The van der Waals surface area contributed by atoms with Crippen LogP contribution in [0.1, 0.15) is 23.3 Å². The van der Waals surface area contributed by atoms with Crippen molar-refractivity contribution in [1.29, 1.82) is 0 Å². The smallest absolute Gasteiger partial charge is 0.259 e. The van der Waals surface area contributed by atoms with Crippen molar-refractivity contribution in [3.05, 3.63) is 39.7 Å². The van der Waals surface area contributed by atoms with E-state index in [0.29, 0.717) is 13.1 Å². The maximum absolute atomic E-state index is 14.1. The summed E-state index contributed by atoms with van der Waals surface area (Å²) in [5.41, 5.74) is -0.423. The third-order valence-corrected chi connectivity index (χ3v) is 5.13. The van der Waals surface area contributed by atoms with Crippen LogP contribution in [0.2, 0.25) is 0 Å². The van der Waals surface area contributed by atoms with E-state index in [4.69, 9.17) is 4.74 Å². The second-order valence-corrected chi connectivity index (χ2v) is 6.93. The molecular weight excluding hydrogens is 344 g/mol. The van der Waals surface area contributed by atoms with E-state index in [1.54, 1.807) is 9.47 Å². The molecule has 1 fully saturated rings. The maximum atomic E-state index is 14.1. The summed E-state index contributed by atoms with van der Waals surface area (Å²) in [6.45, 7) is 4.46. The first-order valence-electron chi connectivity index (χ1n) is 8.56. The first-order chi connectivity index (χ1) is 12.4. The standard InChI is InChI=1S/C18H19F2N3O3/c1-10-9-26-17-14(20)13(19)7-11-15(17)23(10)8-12(16(11)24)18(25)22-5-3-21(2)4-6-22/h7-8,10H,3-6,9H2,1-2H3/t10-/m0/s1. The normalized spacial score (nSPS) is 20.3. The largest absolute Gasteiger partial charge is 0.486 e. The van der Waals surface area contributed by atoms with Gasteiger partial charge in [0.1, 0.15) is 12.2 Å². The van der Waals surface area contributed by atoms with E-state index < -0.39 is 17.1 Å². The van der Waals surface area contributed by atoms with Crippen molar-refractivity contribution < 1.29 is 18.3 Å². The van der Waals surface area contributed by atoms with Gasteiger partial charge in [0.2, 0.25) is 11.2 Å². The van der Waals surface area contributed by atoms with Crippen molar-refractivity contribution in [2.24, 2.45) is 0 Å². The molecule has 1 amide bonds. The van der Waals surface area contributed by atoms with Gasteiger partial charge in [0.25, 0.3) is 5.91 Å². The average molecular weight is 363 g/mol. The van der Waals surface area contributed by atoms with Gasteiger partial charge in [0.05, 0.1) is 16.9 Å². The SMILES string of the molecule is C[C@H]1COc2c(F)c(F)cc3c(=O)c(C(=O)N4CCN(C)CC4)cn1c23. The van der Waals surface area contributed by atoms with Crippen LogP contribution < -0.4 is 10.2 Å². The topological polar surface area (TPSA) is 54.8 Å². The lowest BCUT2D eigenvalue weighted by atomic mass is 10.1. The lowest BCUT2D eigenvalue weighted by molar-refractivity contribution is 0.0661. The van der Waals surface area contributed by atoms with Crippen molar-refractivity contribution in [3.63, 3.8) is 0 Å². The molecule has 2 aliphatic heterocycles. The van der Waals surface area contributed by atoms with Crippen molar-refractivity contribution in [2.75, 3.05) is 39.8 Å². The highest BCUT2D eigenvalue weighted by atomic mass is 19.2. The summed E-state index contributed by atoms with van der Waals surface area (Å²) in [5.74, 6) is -2.92. The molecule has 2 aliphatic rings. The van der Waals surface area contributed by atoms with Crippen LogP contribution in [0.5, 0.6) is 5.75 Å². The third kappa shape index (κ3) is 2.47. The number of ether oxygens (including phenoxy) is 1. The highest BCUT2D eigenvalue weighted by Crippen LogP contribution is 2.35. The van der Waals surface area contributed by atoms with Crippen molar-refractivity contribution >= 4 is 16.8 Å². The molecule has 1 aromatic heterocycles. The van der Waals surface area contributed by atoms with Crippen LogP contribution in [0.4, 0.5) is 8.78 Å². The number of benzene rings is 1. The van der Waals surface area contributed by atoms with E-state index in [2.05, 4.69) is 4.90 Å². The Kier molecular flexibility index (Phi) is 3.95. The van der Waals surface area contributed by atoms with Gasteiger partial charge in [-0.2, -0.15) is 4.39 Å². The molecule has 26 heavy (non-hydrogen) atoms. The summed E-state index contributed by atoms with van der Waals surface area (Å²) in [4.78, 5) is 29.5. The number of hydrogen-bond acceptors (Lipinski definition) is 4. The van der Waals surface area contributed by atoms with Gasteiger partial charge in [-0.1, -0.05) is 0 Å². The fraction of sp³-hybridized carbons (Fsp3) is 0.444. The molecule has 4 rings (SSSR count). The molecule has 1 aromatic carbocycles. The van der Waals surface area contributed by atoms with E-state index in [1.807, 2.05) is 14.0 Å². The Morgan fingerprint density at radius 3 is 2.62 bits per heavy atom. The van der Waals surface area contributed by atoms with Crippen LogP contribution in [0.25, 0.3) is 10.9 Å². The van der Waals surface area contributed by atoms with E-state index >= 15 is 0 Å². The summed E-state index contributed by atoms with van der Waals surface area (Å²) < 4.78 is 35.0. The molecule has 0 N–H and O–H groups in total. The Balaban J connectivity index is 1.90. The highest BCUT2D eigenvalue weighted by molar-refractivity contribution is 5.98. The minimum Gasteiger partial charge on any atom is -0.486 e. The van der Waals surface area contributed by atoms with Gasteiger partial charge in [-0.15, -0.1) is 0 Å². The Morgan fingerprint density at radius 2 is 1.92 bits per heavy atom. The van der Waals surface area contributed by atoms with Gasteiger partial charge in [-0.3, -0.25) is 9.59 Å². The number of piperazine rings is 1. The maximum Gasteiger partial charge on any atom is 0.259 e. The summed E-state index contributed by atoms with van der Waals surface area (Å²) >= 11 is 0. The van der Waals surface area contributed by atoms with Crippen LogP contribution in [0, 0.1) is 11.6 Å². The van der Waals surface area contributed by atoms with Gasteiger partial charge in [0, 0.05) is 32.4 Å². The summed E-state index contributed by atoms with van der Waals surface area (Å²) in [6, 6.07) is 0.643. The minimum absolute atomic E-state index is 0.0206. The Morgan fingerprint density at radius 1 is 1.23 bits per heavy atom. The fourth-order valence-electron chi connectivity index (χ4n) is 3.53. The zero-order valence-corrected chi connectivity index (χ0v) is 14.6. The van der Waals surface area contributed by atoms with Crippen molar-refractivity contribution in [2.45, 2.75) is 13.0 Å². The minimum atomic E-state index is -1.16. The van der Waals surface area contributed by atoms with Gasteiger partial charge < -0.3 is 19.1 Å². The number of pyridine rings is 1. The first-order valence-corrected chi connectivity index (χ1v) is 8.56. The van der Waals surface area contributed by atoms with Crippen LogP contribution in [-0.2, 0) is 0 Å². The van der Waals surface area contributed by atoms with E-state index in [0.717, 1.165) is 19.2 Å². The van der Waals surface area contributed by atoms with Gasteiger partial charge in [0.15, 0.2) is 11.6 Å². The number of nitrogens with zero attached hydrogens (tertiary/aromatic N) is 3. The van der Waals surface area contributed by atoms with Crippen molar-refractivity contribution in [1.82, 2.24) is 14.4 Å². The number of carbonyl (C=O) groups is 1. The Bertz CT molecular complexity index is 965. The zero-order chi connectivity index (χ0) is 18.6. The van der Waals surface area contributed by atoms with E-state index in [-0.39, 0.29) is 40.8 Å². The van der Waals surface area contributed by atoms with Gasteiger partial charge in [-0.05, 0) is 20.0 Å². The number of rotatable bonds is 1. The zero-order valence-electron chi connectivity index (χ0n) is 14.6. The van der Waals surface area contributed by atoms with Crippen LogP contribution in [0.15, 0.2) is 17.1 Å². The molecule has 0 saturated carbocycles. The monoisotopic (exact) mass is 363 g/mol. The first kappa shape index (κ1) is 17.0. The summed E-state index contributed by atoms with van der Waals surface area (Å²) in [6.07, 6.45) is 1.46. The molecule has 0 aliphatic carbocycles. The highest BCUT2D eigenvalue weighted by Gasteiger charge is 2.30. The fourth-order valence-corrected chi connectivity index (χ4v) is 3.53. The molecule has 0 bridgehead atoms. The number of amides is 1. The summed E-state index contributed by atoms with van der Waals surface area (Å²) in [5, 5.41) is -0.0366. The number of likely N-dealkylation sites (N-methyl/N-ethyl adjacent to an activating group) is 1. The molecule has 0 unspecified atom stereocenters. The average Bonchev–Trinajstić information content (AvgIpc) is 2.63. The van der Waals surface area contributed by atoms with E-state index in [9.17, 15) is 18.4 Å².